The van der Waals surface area contributed by atoms with Crippen LogP contribution in [0.3, 0.4) is 0 Å². The highest BCUT2D eigenvalue weighted by molar-refractivity contribution is 5.78. The number of likely N-dealkylation sites (tertiary alicyclic amines) is 1. The van der Waals surface area contributed by atoms with Gasteiger partial charge in [0.1, 0.15) is 0 Å². The average Bonchev–Trinajstić information content (AvgIpc) is 2.28. The third kappa shape index (κ3) is 2.23. The van der Waals surface area contributed by atoms with E-state index in [-0.39, 0.29) is 5.91 Å². The maximum Gasteiger partial charge on any atom is 0.236 e. The molecule has 2 unspecified atom stereocenters. The van der Waals surface area contributed by atoms with Gasteiger partial charge in [-0.25, -0.2) is 0 Å². The molecule has 92 valence electrons. The van der Waals surface area contributed by atoms with Crippen molar-refractivity contribution >= 4 is 5.91 Å². The molecule has 2 atom stereocenters. The highest BCUT2D eigenvalue weighted by atomic mass is 16.3. The van der Waals surface area contributed by atoms with Crippen LogP contribution in [0.25, 0.3) is 0 Å². The molecule has 0 aromatic heterocycles. The smallest absolute Gasteiger partial charge is 0.236 e. The second-order valence-corrected chi connectivity index (χ2v) is 5.17. The number of nitrogens with one attached hydrogen (secondary N) is 1. The first-order valence-electron chi connectivity index (χ1n) is 6.30. The molecule has 1 amide bonds. The van der Waals surface area contributed by atoms with Gasteiger partial charge in [0.05, 0.1) is 12.1 Å². The summed E-state index contributed by atoms with van der Waals surface area (Å²) in [6.07, 6.45) is 5.08. The Kier molecular flexibility index (Phi) is 3.50. The minimum atomic E-state index is -0.478. The fourth-order valence-electron chi connectivity index (χ4n) is 3.06. The monoisotopic (exact) mass is 226 g/mol. The van der Waals surface area contributed by atoms with Crippen LogP contribution < -0.4 is 5.32 Å². The molecule has 2 rings (SSSR count). The van der Waals surface area contributed by atoms with Gasteiger partial charge < -0.3 is 15.3 Å². The molecule has 1 saturated heterocycles. The number of piperidine rings is 1. The highest BCUT2D eigenvalue weighted by Gasteiger charge is 2.43. The number of carbonyl (C=O) groups excluding carboxylic acids is 1. The highest BCUT2D eigenvalue weighted by Crippen LogP contribution is 2.39. The van der Waals surface area contributed by atoms with Crippen molar-refractivity contribution in [1.82, 2.24) is 10.2 Å². The van der Waals surface area contributed by atoms with Crippen molar-refractivity contribution in [3.63, 3.8) is 0 Å². The number of rotatable bonds is 2. The van der Waals surface area contributed by atoms with Crippen molar-refractivity contribution in [3.05, 3.63) is 0 Å². The van der Waals surface area contributed by atoms with Crippen molar-refractivity contribution in [3.8, 4) is 0 Å². The molecule has 2 aliphatic rings. The quantitative estimate of drug-likeness (QED) is 0.715. The van der Waals surface area contributed by atoms with Crippen LogP contribution >= 0.6 is 0 Å². The van der Waals surface area contributed by atoms with E-state index in [1.54, 1.807) is 7.05 Å². The minimum absolute atomic E-state index is 0.162. The Balaban J connectivity index is 1.96. The molecule has 2 fully saturated rings. The second-order valence-electron chi connectivity index (χ2n) is 5.17. The van der Waals surface area contributed by atoms with E-state index >= 15 is 0 Å². The maximum absolute atomic E-state index is 11.8. The molecule has 0 radical (unpaired) electrons. The summed E-state index contributed by atoms with van der Waals surface area (Å²) in [5, 5.41) is 13.4. The van der Waals surface area contributed by atoms with E-state index in [9.17, 15) is 9.90 Å². The normalized spacial score (nSPS) is 34.6. The predicted molar refractivity (Wildman–Crippen MR) is 62.0 cm³/mol. The van der Waals surface area contributed by atoms with E-state index in [1.165, 1.54) is 6.42 Å². The van der Waals surface area contributed by atoms with Crippen LogP contribution in [0.4, 0.5) is 0 Å². The molecule has 1 heterocycles. The second kappa shape index (κ2) is 4.72. The Morgan fingerprint density at radius 1 is 1.50 bits per heavy atom. The molecule has 16 heavy (non-hydrogen) atoms. The van der Waals surface area contributed by atoms with Crippen molar-refractivity contribution in [2.45, 2.75) is 37.7 Å². The Labute approximate surface area is 97.0 Å². The van der Waals surface area contributed by atoms with Gasteiger partial charge in [-0.05, 0) is 26.3 Å². The van der Waals surface area contributed by atoms with Crippen LogP contribution in [0.1, 0.15) is 32.1 Å². The molecular formula is C12H22N2O2. The summed E-state index contributed by atoms with van der Waals surface area (Å²) in [4.78, 5) is 13.7. The van der Waals surface area contributed by atoms with Crippen LogP contribution in [0.15, 0.2) is 0 Å². The van der Waals surface area contributed by atoms with Gasteiger partial charge in [0.25, 0.3) is 0 Å². The topological polar surface area (TPSA) is 52.6 Å². The van der Waals surface area contributed by atoms with Crippen molar-refractivity contribution in [2.24, 2.45) is 5.92 Å². The first kappa shape index (κ1) is 11.9. The average molecular weight is 226 g/mol. The lowest BCUT2D eigenvalue weighted by molar-refractivity contribution is -0.142. The van der Waals surface area contributed by atoms with Crippen molar-refractivity contribution in [2.75, 3.05) is 26.7 Å². The number of likely N-dealkylation sites (N-methyl/N-ethyl adjacent to an activating group) is 1. The van der Waals surface area contributed by atoms with Gasteiger partial charge in [0, 0.05) is 19.0 Å². The maximum atomic E-state index is 11.8. The van der Waals surface area contributed by atoms with Gasteiger partial charge in [0.2, 0.25) is 5.91 Å². The number of carbonyl (C=O) groups is 1. The number of aliphatic hydroxyl groups is 1. The van der Waals surface area contributed by atoms with Gasteiger partial charge in [-0.3, -0.25) is 4.79 Å². The van der Waals surface area contributed by atoms with Gasteiger partial charge in [0.15, 0.2) is 0 Å². The molecule has 1 saturated carbocycles. The molecule has 2 N–H and O–H groups in total. The standard InChI is InChI=1S/C12H22N2O2/c1-13-8-11(15)14-7-6-12(16)5-3-2-4-10(12)9-14/h10,13,16H,2-9H2,1H3. The van der Waals surface area contributed by atoms with Crippen molar-refractivity contribution in [1.29, 1.82) is 0 Å². The molecule has 0 spiro atoms. The SMILES string of the molecule is CNCC(=O)N1CCC2(O)CCCCC2C1. The number of fused-ring (bicyclic) bond motifs is 1. The van der Waals surface area contributed by atoms with Gasteiger partial charge in [-0.2, -0.15) is 0 Å². The lowest BCUT2D eigenvalue weighted by Crippen LogP contribution is -2.55. The number of hydrogen-bond acceptors (Lipinski definition) is 3. The number of amides is 1. The van der Waals surface area contributed by atoms with E-state index in [0.717, 1.165) is 32.2 Å². The lowest BCUT2D eigenvalue weighted by atomic mass is 9.71. The van der Waals surface area contributed by atoms with Crippen LogP contribution in [0, 0.1) is 5.92 Å². The van der Waals surface area contributed by atoms with Crippen LogP contribution in [0.5, 0.6) is 0 Å². The summed E-state index contributed by atoms with van der Waals surface area (Å²) < 4.78 is 0. The minimum Gasteiger partial charge on any atom is -0.389 e. The first-order chi connectivity index (χ1) is 7.65. The van der Waals surface area contributed by atoms with Gasteiger partial charge >= 0.3 is 0 Å². The van der Waals surface area contributed by atoms with Crippen LogP contribution in [0.2, 0.25) is 0 Å². The molecule has 4 nitrogen and oxygen atoms in total. The van der Waals surface area contributed by atoms with Gasteiger partial charge in [-0.1, -0.05) is 12.8 Å². The van der Waals surface area contributed by atoms with E-state index in [1.807, 2.05) is 4.90 Å². The molecule has 1 aliphatic carbocycles. The zero-order chi connectivity index (χ0) is 11.6. The van der Waals surface area contributed by atoms with Crippen LogP contribution in [-0.4, -0.2) is 48.2 Å². The van der Waals surface area contributed by atoms with E-state index in [2.05, 4.69) is 5.32 Å². The van der Waals surface area contributed by atoms with Crippen LogP contribution in [-0.2, 0) is 4.79 Å². The summed E-state index contributed by atoms with van der Waals surface area (Å²) in [7, 11) is 1.79. The molecular weight excluding hydrogens is 204 g/mol. The summed E-state index contributed by atoms with van der Waals surface area (Å²) >= 11 is 0. The fraction of sp³-hybridized carbons (Fsp3) is 0.917. The van der Waals surface area contributed by atoms with Crippen molar-refractivity contribution < 1.29 is 9.90 Å². The summed E-state index contributed by atoms with van der Waals surface area (Å²) in [5.41, 5.74) is -0.478. The number of nitrogens with zero attached hydrogens (tertiary/aromatic N) is 1. The third-order valence-electron chi connectivity index (χ3n) is 4.11. The molecule has 0 aromatic rings. The summed E-state index contributed by atoms with van der Waals surface area (Å²) in [6.45, 7) is 1.87. The zero-order valence-electron chi connectivity index (χ0n) is 10.0. The number of hydrogen-bond donors (Lipinski definition) is 2. The summed E-state index contributed by atoms with van der Waals surface area (Å²) in [6, 6.07) is 0. The molecule has 1 aliphatic heterocycles. The summed E-state index contributed by atoms with van der Waals surface area (Å²) in [5.74, 6) is 0.464. The van der Waals surface area contributed by atoms with Gasteiger partial charge in [-0.15, -0.1) is 0 Å². The lowest BCUT2D eigenvalue weighted by Gasteiger charge is -2.47. The molecule has 0 aromatic carbocycles. The fourth-order valence-corrected chi connectivity index (χ4v) is 3.06. The Morgan fingerprint density at radius 2 is 2.31 bits per heavy atom. The van der Waals surface area contributed by atoms with E-state index in [4.69, 9.17) is 0 Å². The Morgan fingerprint density at radius 3 is 3.06 bits per heavy atom. The predicted octanol–water partition coefficient (Wildman–Crippen LogP) is 0.359. The first-order valence-corrected chi connectivity index (χ1v) is 6.30. The third-order valence-corrected chi connectivity index (χ3v) is 4.11. The molecule has 0 bridgehead atoms. The van der Waals surface area contributed by atoms with E-state index < -0.39 is 5.60 Å². The zero-order valence-corrected chi connectivity index (χ0v) is 10.0. The Bertz CT molecular complexity index is 270. The molecule has 4 heteroatoms. The Hall–Kier alpha value is -0.610. The van der Waals surface area contributed by atoms with E-state index in [0.29, 0.717) is 19.0 Å². The largest absolute Gasteiger partial charge is 0.389 e.